The molecule has 0 amide bonds. The van der Waals surface area contributed by atoms with E-state index >= 15 is 0 Å². The Kier molecular flexibility index (Phi) is 6.44. The Bertz CT molecular complexity index is 527. The van der Waals surface area contributed by atoms with Crippen molar-refractivity contribution >= 4 is 11.3 Å². The van der Waals surface area contributed by atoms with Crippen LogP contribution in [0, 0.1) is 6.92 Å². The van der Waals surface area contributed by atoms with Gasteiger partial charge in [-0.25, -0.2) is 0 Å². The summed E-state index contributed by atoms with van der Waals surface area (Å²) >= 11 is 0. The maximum Gasteiger partial charge on any atom is 0.0385 e. The second-order valence-corrected chi connectivity index (χ2v) is 5.45. The third kappa shape index (κ3) is 4.48. The van der Waals surface area contributed by atoms with Crippen molar-refractivity contribution in [1.82, 2.24) is 0 Å². The minimum atomic E-state index is 1.11. The fraction of sp³-hybridized carbons (Fsp3) is 0.421. The summed E-state index contributed by atoms with van der Waals surface area (Å²) in [5, 5.41) is 0. The number of hydrogen-bond donors (Lipinski definition) is 0. The summed E-state index contributed by atoms with van der Waals surface area (Å²) in [7, 11) is 1.86. The van der Waals surface area contributed by atoms with Crippen LogP contribution in [0.4, 0.5) is 0 Å². The molecule has 0 aromatic heterocycles. The average Bonchev–Trinajstić information content (AvgIpc) is 2.44. The van der Waals surface area contributed by atoms with Crippen LogP contribution in [0.3, 0.4) is 0 Å². The van der Waals surface area contributed by atoms with E-state index in [0.717, 1.165) is 12.1 Å². The van der Waals surface area contributed by atoms with Crippen molar-refractivity contribution in [3.8, 4) is 0 Å². The van der Waals surface area contributed by atoms with Gasteiger partial charge in [-0.2, -0.15) is 0 Å². The molecule has 0 spiro atoms. The minimum Gasteiger partial charge on any atom is -0.293 e. The second-order valence-electron chi connectivity index (χ2n) is 5.45. The molecule has 0 atom stereocenters. The van der Waals surface area contributed by atoms with Gasteiger partial charge in [-0.05, 0) is 56.9 Å². The van der Waals surface area contributed by atoms with Crippen molar-refractivity contribution in [2.45, 2.75) is 47.5 Å². The summed E-state index contributed by atoms with van der Waals surface area (Å²) in [6, 6.07) is 8.70. The number of hydrogen-bond acceptors (Lipinski definition) is 1. The van der Waals surface area contributed by atoms with E-state index in [9.17, 15) is 0 Å². The first-order valence-electron chi connectivity index (χ1n) is 7.38. The first kappa shape index (κ1) is 16.4. The highest BCUT2D eigenvalue weighted by atomic mass is 14.7. The SMILES string of the molecule is CCC/C(C)=C(\C=C(/C)c1ccc(C)cc1)C(/C)=N\C. The second kappa shape index (κ2) is 7.84. The molecule has 108 valence electrons. The number of aliphatic imine (C=N–C) groups is 1. The van der Waals surface area contributed by atoms with E-state index in [1.807, 2.05) is 7.05 Å². The fourth-order valence-corrected chi connectivity index (χ4v) is 2.28. The van der Waals surface area contributed by atoms with E-state index in [4.69, 9.17) is 0 Å². The monoisotopic (exact) mass is 269 g/mol. The Hall–Kier alpha value is -1.63. The van der Waals surface area contributed by atoms with Gasteiger partial charge in [0, 0.05) is 12.8 Å². The Morgan fingerprint density at radius 1 is 1.10 bits per heavy atom. The highest BCUT2D eigenvalue weighted by Crippen LogP contribution is 2.21. The Balaban J connectivity index is 3.19. The Morgan fingerprint density at radius 3 is 2.20 bits per heavy atom. The van der Waals surface area contributed by atoms with E-state index < -0.39 is 0 Å². The normalized spacial score (nSPS) is 14.3. The smallest absolute Gasteiger partial charge is 0.0385 e. The van der Waals surface area contributed by atoms with Gasteiger partial charge in [-0.3, -0.25) is 4.99 Å². The molecular weight excluding hydrogens is 242 g/mol. The van der Waals surface area contributed by atoms with Crippen LogP contribution in [0.5, 0.6) is 0 Å². The zero-order valence-corrected chi connectivity index (χ0v) is 13.7. The lowest BCUT2D eigenvalue weighted by atomic mass is 9.96. The van der Waals surface area contributed by atoms with Crippen LogP contribution in [-0.2, 0) is 0 Å². The lowest BCUT2D eigenvalue weighted by Gasteiger charge is -2.10. The van der Waals surface area contributed by atoms with E-state index in [1.54, 1.807) is 0 Å². The number of aryl methyl sites for hydroxylation is 1. The lowest BCUT2D eigenvalue weighted by molar-refractivity contribution is 0.901. The summed E-state index contributed by atoms with van der Waals surface area (Å²) in [5.41, 5.74) is 7.68. The maximum absolute atomic E-state index is 4.37. The van der Waals surface area contributed by atoms with Crippen LogP contribution in [0.15, 0.2) is 46.5 Å². The van der Waals surface area contributed by atoms with E-state index in [0.29, 0.717) is 0 Å². The zero-order valence-electron chi connectivity index (χ0n) is 13.7. The topological polar surface area (TPSA) is 12.4 Å². The van der Waals surface area contributed by atoms with E-state index in [2.05, 4.69) is 70.0 Å². The van der Waals surface area contributed by atoms with Crippen molar-refractivity contribution in [2.24, 2.45) is 4.99 Å². The summed E-state index contributed by atoms with van der Waals surface area (Å²) in [5.74, 6) is 0. The molecule has 0 aliphatic carbocycles. The molecule has 0 radical (unpaired) electrons. The third-order valence-corrected chi connectivity index (χ3v) is 3.68. The summed E-state index contributed by atoms with van der Waals surface area (Å²) < 4.78 is 0. The van der Waals surface area contributed by atoms with E-state index in [1.165, 1.54) is 34.3 Å². The van der Waals surface area contributed by atoms with Crippen molar-refractivity contribution in [3.05, 3.63) is 52.6 Å². The van der Waals surface area contributed by atoms with Gasteiger partial charge in [0.1, 0.15) is 0 Å². The van der Waals surface area contributed by atoms with Gasteiger partial charge < -0.3 is 0 Å². The molecule has 0 aliphatic heterocycles. The van der Waals surface area contributed by atoms with Gasteiger partial charge in [0.05, 0.1) is 0 Å². The number of rotatable bonds is 5. The van der Waals surface area contributed by atoms with Gasteiger partial charge in [0.15, 0.2) is 0 Å². The van der Waals surface area contributed by atoms with Crippen LogP contribution >= 0.6 is 0 Å². The highest BCUT2D eigenvalue weighted by molar-refractivity contribution is 6.02. The zero-order chi connectivity index (χ0) is 15.1. The first-order chi connectivity index (χ1) is 9.49. The van der Waals surface area contributed by atoms with Crippen LogP contribution in [-0.4, -0.2) is 12.8 Å². The number of benzene rings is 1. The summed E-state index contributed by atoms with van der Waals surface area (Å²) in [4.78, 5) is 4.37. The molecule has 1 heteroatoms. The number of allylic oxidation sites excluding steroid dienone is 4. The van der Waals surface area contributed by atoms with Gasteiger partial charge in [-0.1, -0.05) is 48.7 Å². The molecule has 1 aromatic carbocycles. The van der Waals surface area contributed by atoms with Gasteiger partial charge in [0.25, 0.3) is 0 Å². The van der Waals surface area contributed by atoms with Crippen molar-refractivity contribution < 1.29 is 0 Å². The first-order valence-corrected chi connectivity index (χ1v) is 7.38. The lowest BCUT2D eigenvalue weighted by Crippen LogP contribution is -1.99. The summed E-state index contributed by atoms with van der Waals surface area (Å²) in [6.45, 7) is 10.8. The molecule has 0 fully saturated rings. The molecule has 1 aromatic rings. The molecule has 0 saturated heterocycles. The largest absolute Gasteiger partial charge is 0.293 e. The molecule has 20 heavy (non-hydrogen) atoms. The third-order valence-electron chi connectivity index (χ3n) is 3.68. The summed E-state index contributed by atoms with van der Waals surface area (Å²) in [6.07, 6.45) is 4.57. The predicted molar refractivity (Wildman–Crippen MR) is 91.5 cm³/mol. The van der Waals surface area contributed by atoms with Crippen molar-refractivity contribution in [3.63, 3.8) is 0 Å². The maximum atomic E-state index is 4.37. The minimum absolute atomic E-state index is 1.11. The van der Waals surface area contributed by atoms with E-state index in [-0.39, 0.29) is 0 Å². The molecule has 0 N–H and O–H groups in total. The molecule has 0 bridgehead atoms. The molecule has 0 heterocycles. The quantitative estimate of drug-likeness (QED) is 0.487. The standard InChI is InChI=1S/C19H27N/c1-7-8-15(3)19(17(5)20-6)13-16(4)18-11-9-14(2)10-12-18/h9-13H,7-8H2,1-6H3/b16-13+,19-15+,20-17-. The van der Waals surface area contributed by atoms with Crippen molar-refractivity contribution in [1.29, 1.82) is 0 Å². The molecule has 0 aliphatic rings. The Morgan fingerprint density at radius 2 is 1.70 bits per heavy atom. The molecule has 1 rings (SSSR count). The van der Waals surface area contributed by atoms with Crippen LogP contribution in [0.1, 0.15) is 51.7 Å². The van der Waals surface area contributed by atoms with Gasteiger partial charge in [-0.15, -0.1) is 0 Å². The van der Waals surface area contributed by atoms with Crippen LogP contribution < -0.4 is 0 Å². The number of nitrogens with zero attached hydrogens (tertiary/aromatic N) is 1. The van der Waals surface area contributed by atoms with Gasteiger partial charge in [0.2, 0.25) is 0 Å². The molecular formula is C19H27N. The molecule has 0 unspecified atom stereocenters. The van der Waals surface area contributed by atoms with Crippen LogP contribution in [0.2, 0.25) is 0 Å². The molecule has 1 nitrogen and oxygen atoms in total. The molecule has 0 saturated carbocycles. The Labute approximate surface area is 124 Å². The fourth-order valence-electron chi connectivity index (χ4n) is 2.28. The highest BCUT2D eigenvalue weighted by Gasteiger charge is 2.05. The predicted octanol–water partition coefficient (Wildman–Crippen LogP) is 5.61. The van der Waals surface area contributed by atoms with Gasteiger partial charge >= 0.3 is 0 Å². The van der Waals surface area contributed by atoms with Crippen molar-refractivity contribution in [2.75, 3.05) is 7.05 Å². The van der Waals surface area contributed by atoms with Crippen LogP contribution in [0.25, 0.3) is 5.57 Å². The average molecular weight is 269 g/mol.